The maximum atomic E-state index is 13.3. The molecule has 0 aliphatic carbocycles. The smallest absolute Gasteiger partial charge is 0.267 e. The van der Waals surface area contributed by atoms with Gasteiger partial charge in [-0.05, 0) is 55.9 Å². The van der Waals surface area contributed by atoms with Crippen molar-refractivity contribution < 1.29 is 9.18 Å². The van der Waals surface area contributed by atoms with Crippen molar-refractivity contribution in [1.82, 2.24) is 15.2 Å². The van der Waals surface area contributed by atoms with Crippen LogP contribution in [0.15, 0.2) is 48.5 Å². The molecule has 1 unspecified atom stereocenters. The van der Waals surface area contributed by atoms with Gasteiger partial charge in [-0.1, -0.05) is 31.2 Å². The third kappa shape index (κ3) is 3.94. The topological polar surface area (TPSA) is 48.1 Å². The highest BCUT2D eigenvalue weighted by molar-refractivity contribution is 5.98. The highest BCUT2D eigenvalue weighted by atomic mass is 19.1. The van der Waals surface area contributed by atoms with Crippen LogP contribution >= 0.6 is 0 Å². The fourth-order valence-electron chi connectivity index (χ4n) is 3.08. The Morgan fingerprint density at radius 1 is 1.15 bits per heavy atom. The minimum atomic E-state index is -0.313. The van der Waals surface area contributed by atoms with Crippen LogP contribution in [0.4, 0.5) is 4.39 Å². The molecule has 0 bridgehead atoms. The third-order valence-corrected chi connectivity index (χ3v) is 4.68. The number of nitrogens with zero attached hydrogens (tertiary/aromatic N) is 1. The molecular weight excluding hydrogens is 329 g/mol. The lowest BCUT2D eigenvalue weighted by atomic mass is 10.0. The first kappa shape index (κ1) is 18.1. The van der Waals surface area contributed by atoms with Crippen molar-refractivity contribution in [2.24, 2.45) is 0 Å². The summed E-state index contributed by atoms with van der Waals surface area (Å²) in [5.41, 5.74) is 3.63. The van der Waals surface area contributed by atoms with E-state index in [2.05, 4.69) is 46.4 Å². The first-order valence-corrected chi connectivity index (χ1v) is 8.79. The van der Waals surface area contributed by atoms with Crippen LogP contribution in [-0.2, 0) is 6.42 Å². The second kappa shape index (κ2) is 7.70. The van der Waals surface area contributed by atoms with Gasteiger partial charge in [-0.3, -0.25) is 4.79 Å². The van der Waals surface area contributed by atoms with Crippen LogP contribution in [-0.4, -0.2) is 36.4 Å². The molecule has 0 radical (unpaired) electrons. The summed E-state index contributed by atoms with van der Waals surface area (Å²) in [4.78, 5) is 17.6. The highest BCUT2D eigenvalue weighted by Crippen LogP contribution is 2.20. The fourth-order valence-corrected chi connectivity index (χ4v) is 3.08. The van der Waals surface area contributed by atoms with Gasteiger partial charge in [-0.2, -0.15) is 0 Å². The van der Waals surface area contributed by atoms with E-state index < -0.39 is 0 Å². The van der Waals surface area contributed by atoms with E-state index in [1.54, 1.807) is 12.1 Å². The number of H-pyrrole nitrogens is 1. The van der Waals surface area contributed by atoms with E-state index in [4.69, 9.17) is 0 Å². The standard InChI is InChI=1S/C21H24FN3O/c1-4-14-5-7-15(8-6-14)20(25(2)3)13-23-21(26)19-12-16-11-17(22)9-10-18(16)24-19/h5-12,20,24H,4,13H2,1-3H3,(H,23,26). The van der Waals surface area contributed by atoms with E-state index in [9.17, 15) is 9.18 Å². The number of carbonyl (C=O) groups is 1. The summed E-state index contributed by atoms with van der Waals surface area (Å²) in [6, 6.07) is 14.7. The van der Waals surface area contributed by atoms with Crippen LogP contribution in [0.1, 0.15) is 34.6 Å². The lowest BCUT2D eigenvalue weighted by molar-refractivity contribution is 0.0937. The lowest BCUT2D eigenvalue weighted by Crippen LogP contribution is -2.34. The van der Waals surface area contributed by atoms with Gasteiger partial charge in [-0.15, -0.1) is 0 Å². The molecule has 4 nitrogen and oxygen atoms in total. The highest BCUT2D eigenvalue weighted by Gasteiger charge is 2.17. The minimum absolute atomic E-state index is 0.0756. The number of hydrogen-bond acceptors (Lipinski definition) is 2. The van der Waals surface area contributed by atoms with Crippen LogP contribution in [0.3, 0.4) is 0 Å². The van der Waals surface area contributed by atoms with Crippen LogP contribution in [0, 0.1) is 5.82 Å². The first-order chi connectivity index (χ1) is 12.5. The Morgan fingerprint density at radius 2 is 1.88 bits per heavy atom. The largest absolute Gasteiger partial charge is 0.351 e. The van der Waals surface area contributed by atoms with E-state index >= 15 is 0 Å². The average Bonchev–Trinajstić information content (AvgIpc) is 3.05. The summed E-state index contributed by atoms with van der Waals surface area (Å²) in [6.07, 6.45) is 1.00. The molecule has 26 heavy (non-hydrogen) atoms. The van der Waals surface area contributed by atoms with Crippen molar-refractivity contribution in [3.8, 4) is 0 Å². The Bertz CT molecular complexity index is 899. The predicted molar refractivity (Wildman–Crippen MR) is 103 cm³/mol. The summed E-state index contributed by atoms with van der Waals surface area (Å²) in [5, 5.41) is 3.67. The van der Waals surface area contributed by atoms with E-state index in [0.29, 0.717) is 17.6 Å². The molecule has 0 aliphatic rings. The zero-order valence-electron chi connectivity index (χ0n) is 15.3. The van der Waals surface area contributed by atoms with Gasteiger partial charge in [-0.25, -0.2) is 4.39 Å². The first-order valence-electron chi connectivity index (χ1n) is 8.79. The van der Waals surface area contributed by atoms with Crippen molar-refractivity contribution >= 4 is 16.8 Å². The zero-order valence-corrected chi connectivity index (χ0v) is 15.3. The predicted octanol–water partition coefficient (Wildman–Crippen LogP) is 3.90. The minimum Gasteiger partial charge on any atom is -0.351 e. The molecular formula is C21H24FN3O. The molecule has 2 N–H and O–H groups in total. The van der Waals surface area contributed by atoms with Gasteiger partial charge in [0.15, 0.2) is 0 Å². The molecule has 1 heterocycles. The summed E-state index contributed by atoms with van der Waals surface area (Å²) in [5.74, 6) is -0.509. The van der Waals surface area contributed by atoms with Crippen molar-refractivity contribution in [3.05, 3.63) is 71.2 Å². The molecule has 0 spiro atoms. The van der Waals surface area contributed by atoms with Crippen LogP contribution in [0.2, 0.25) is 0 Å². The number of aryl methyl sites for hydroxylation is 1. The molecule has 2 aromatic carbocycles. The number of halogens is 1. The molecule has 1 aromatic heterocycles. The van der Waals surface area contributed by atoms with Gasteiger partial charge >= 0.3 is 0 Å². The Balaban J connectivity index is 1.72. The van der Waals surface area contributed by atoms with Gasteiger partial charge < -0.3 is 15.2 Å². The second-order valence-corrected chi connectivity index (χ2v) is 6.70. The van der Waals surface area contributed by atoms with Gasteiger partial charge in [0.25, 0.3) is 5.91 Å². The SMILES string of the molecule is CCc1ccc(C(CNC(=O)c2cc3cc(F)ccc3[nH]2)N(C)C)cc1. The molecule has 0 saturated heterocycles. The Labute approximate surface area is 153 Å². The van der Waals surface area contributed by atoms with E-state index in [1.165, 1.54) is 17.7 Å². The van der Waals surface area contributed by atoms with Crippen LogP contribution in [0.25, 0.3) is 10.9 Å². The molecule has 0 fully saturated rings. The number of rotatable bonds is 6. The van der Waals surface area contributed by atoms with Gasteiger partial charge in [0, 0.05) is 17.4 Å². The van der Waals surface area contributed by atoms with Crippen LogP contribution in [0.5, 0.6) is 0 Å². The summed E-state index contributed by atoms with van der Waals surface area (Å²) >= 11 is 0. The average molecular weight is 353 g/mol. The molecule has 0 aliphatic heterocycles. The van der Waals surface area contributed by atoms with Crippen LogP contribution < -0.4 is 5.32 Å². The number of amides is 1. The number of aromatic nitrogens is 1. The molecule has 136 valence electrons. The van der Waals surface area contributed by atoms with Gasteiger partial charge in [0.2, 0.25) is 0 Å². The Kier molecular flexibility index (Phi) is 5.38. The van der Waals surface area contributed by atoms with E-state index in [-0.39, 0.29) is 17.8 Å². The number of hydrogen-bond donors (Lipinski definition) is 2. The van der Waals surface area contributed by atoms with Crippen molar-refractivity contribution in [3.63, 3.8) is 0 Å². The normalized spacial score (nSPS) is 12.5. The number of nitrogens with one attached hydrogen (secondary N) is 2. The molecule has 1 amide bonds. The monoisotopic (exact) mass is 353 g/mol. The number of aromatic amines is 1. The quantitative estimate of drug-likeness (QED) is 0.706. The molecule has 0 saturated carbocycles. The zero-order chi connectivity index (χ0) is 18.7. The summed E-state index contributed by atoms with van der Waals surface area (Å²) < 4.78 is 13.3. The van der Waals surface area contributed by atoms with Crippen molar-refractivity contribution in [2.75, 3.05) is 20.6 Å². The number of likely N-dealkylation sites (N-methyl/N-ethyl adjacent to an activating group) is 1. The molecule has 1 atom stereocenters. The summed E-state index contributed by atoms with van der Waals surface area (Å²) in [6.45, 7) is 2.62. The van der Waals surface area contributed by atoms with Gasteiger partial charge in [0.1, 0.15) is 11.5 Å². The Morgan fingerprint density at radius 3 is 2.54 bits per heavy atom. The molecule has 5 heteroatoms. The number of fused-ring (bicyclic) bond motifs is 1. The summed E-state index contributed by atoms with van der Waals surface area (Å²) in [7, 11) is 3.99. The maximum absolute atomic E-state index is 13.3. The third-order valence-electron chi connectivity index (χ3n) is 4.68. The maximum Gasteiger partial charge on any atom is 0.267 e. The second-order valence-electron chi connectivity index (χ2n) is 6.70. The molecule has 3 rings (SSSR count). The molecule has 3 aromatic rings. The Hall–Kier alpha value is -2.66. The van der Waals surface area contributed by atoms with Crippen molar-refractivity contribution in [2.45, 2.75) is 19.4 Å². The lowest BCUT2D eigenvalue weighted by Gasteiger charge is -2.25. The van der Waals surface area contributed by atoms with Crippen molar-refractivity contribution in [1.29, 1.82) is 0 Å². The van der Waals surface area contributed by atoms with E-state index in [0.717, 1.165) is 17.5 Å². The number of carbonyl (C=O) groups excluding carboxylic acids is 1. The fraction of sp³-hybridized carbons (Fsp3) is 0.286. The van der Waals surface area contributed by atoms with E-state index in [1.807, 2.05) is 14.1 Å². The number of benzene rings is 2. The van der Waals surface area contributed by atoms with Gasteiger partial charge in [0.05, 0.1) is 6.04 Å².